The minimum absolute atomic E-state index is 0.294. The molecule has 0 spiro atoms. The van der Waals surface area contributed by atoms with E-state index in [1.165, 1.54) is 57.8 Å². The second-order valence-electron chi connectivity index (χ2n) is 9.56. The van der Waals surface area contributed by atoms with Gasteiger partial charge in [-0.25, -0.2) is 8.42 Å². The van der Waals surface area contributed by atoms with Crippen molar-refractivity contribution in [2.45, 2.75) is 128 Å². The fourth-order valence-corrected chi connectivity index (χ4v) is 7.01. The van der Waals surface area contributed by atoms with Gasteiger partial charge in [0, 0.05) is 5.92 Å². The van der Waals surface area contributed by atoms with Crippen molar-refractivity contribution in [2.24, 2.45) is 11.8 Å². The van der Waals surface area contributed by atoms with Crippen molar-refractivity contribution in [2.75, 3.05) is 0 Å². The summed E-state index contributed by atoms with van der Waals surface area (Å²) >= 11 is 0. The molecule has 0 heterocycles. The third kappa shape index (κ3) is 7.60. The summed E-state index contributed by atoms with van der Waals surface area (Å²) in [7, 11) is -3.84. The quantitative estimate of drug-likeness (QED) is 0.118. The van der Waals surface area contributed by atoms with Gasteiger partial charge in [-0.2, -0.15) is 0 Å². The number of hydrogen-bond donors (Lipinski definition) is 0. The molecular formula is C24H42N2O3S. The molecule has 0 aromatic rings. The molecule has 2 saturated carbocycles. The van der Waals surface area contributed by atoms with E-state index in [2.05, 4.69) is 11.7 Å². The van der Waals surface area contributed by atoms with Gasteiger partial charge < -0.3 is 5.53 Å². The fourth-order valence-electron chi connectivity index (χ4n) is 5.24. The molecule has 0 unspecified atom stereocenters. The Kier molecular flexibility index (Phi) is 11.3. The Hall–Kier alpha value is -1.00. The molecule has 5 nitrogen and oxygen atoms in total. The Morgan fingerprint density at radius 3 is 1.97 bits per heavy atom. The van der Waals surface area contributed by atoms with Gasteiger partial charge in [0.1, 0.15) is 0 Å². The van der Waals surface area contributed by atoms with Gasteiger partial charge in [0.15, 0.2) is 0 Å². The molecule has 0 aromatic heterocycles. The maximum absolute atomic E-state index is 13.0. The van der Waals surface area contributed by atoms with E-state index in [-0.39, 0.29) is 5.92 Å². The average molecular weight is 439 g/mol. The minimum Gasteiger partial charge on any atom is -0.360 e. The van der Waals surface area contributed by atoms with Crippen molar-refractivity contribution in [1.82, 2.24) is 0 Å². The lowest BCUT2D eigenvalue weighted by atomic mass is 9.85. The van der Waals surface area contributed by atoms with E-state index >= 15 is 0 Å². The number of hydrogen-bond acceptors (Lipinski definition) is 3. The van der Waals surface area contributed by atoms with Crippen LogP contribution in [0.15, 0.2) is 0 Å². The van der Waals surface area contributed by atoms with E-state index in [1.807, 2.05) is 0 Å². The van der Waals surface area contributed by atoms with E-state index in [1.54, 1.807) is 0 Å². The van der Waals surface area contributed by atoms with Crippen molar-refractivity contribution in [1.29, 1.82) is 0 Å². The van der Waals surface area contributed by atoms with Crippen LogP contribution in [-0.4, -0.2) is 29.3 Å². The van der Waals surface area contributed by atoms with Gasteiger partial charge in [-0.05, 0) is 44.4 Å². The number of carbonyl (C=O) groups excluding carboxylic acids is 1. The van der Waals surface area contributed by atoms with Crippen molar-refractivity contribution in [3.63, 3.8) is 0 Å². The van der Waals surface area contributed by atoms with Crippen molar-refractivity contribution in [3.05, 3.63) is 5.53 Å². The first-order valence-corrected chi connectivity index (χ1v) is 14.1. The number of nitrogens with zero attached hydrogens (tertiary/aromatic N) is 2. The summed E-state index contributed by atoms with van der Waals surface area (Å²) < 4.78 is 26.0. The zero-order valence-electron chi connectivity index (χ0n) is 19.0. The predicted octanol–water partition coefficient (Wildman–Crippen LogP) is 6.27. The first-order chi connectivity index (χ1) is 14.5. The normalized spacial score (nSPS) is 23.1. The van der Waals surface area contributed by atoms with Crippen LogP contribution >= 0.6 is 0 Å². The molecule has 2 aliphatic carbocycles. The lowest BCUT2D eigenvalue weighted by molar-refractivity contribution is -0.120. The van der Waals surface area contributed by atoms with Crippen molar-refractivity contribution < 1.29 is 18.0 Å². The SMILES string of the molecule is CCCCCCCCCCC1CCC(S(=O)(=O)C(=[N+]=[N-])C(=O)C2CCCCC2)CC1. The zero-order chi connectivity index (χ0) is 21.8. The summed E-state index contributed by atoms with van der Waals surface area (Å²) in [6.07, 6.45) is 19.1. The number of rotatable bonds is 12. The number of Topliss-reactive ketones (excluding diaryl/α,β-unsaturated/α-hetero) is 1. The highest BCUT2D eigenvalue weighted by atomic mass is 32.2. The molecule has 0 bridgehead atoms. The Morgan fingerprint density at radius 1 is 0.833 bits per heavy atom. The predicted molar refractivity (Wildman–Crippen MR) is 122 cm³/mol. The third-order valence-electron chi connectivity index (χ3n) is 7.25. The molecule has 0 N–H and O–H groups in total. The molecule has 0 atom stereocenters. The van der Waals surface area contributed by atoms with Gasteiger partial charge in [0.2, 0.25) is 0 Å². The largest absolute Gasteiger partial charge is 0.447 e. The second kappa shape index (κ2) is 13.4. The van der Waals surface area contributed by atoms with E-state index in [0.717, 1.165) is 32.1 Å². The summed E-state index contributed by atoms with van der Waals surface area (Å²) in [5.74, 6) is -0.156. The van der Waals surface area contributed by atoms with E-state index < -0.39 is 25.9 Å². The topological polar surface area (TPSA) is 87.6 Å². The Labute approximate surface area is 183 Å². The van der Waals surface area contributed by atoms with Crippen LogP contribution in [0, 0.1) is 11.8 Å². The van der Waals surface area contributed by atoms with Crippen LogP contribution in [0.3, 0.4) is 0 Å². The van der Waals surface area contributed by atoms with Crippen LogP contribution in [0.25, 0.3) is 5.53 Å². The molecule has 0 amide bonds. The standard InChI is InChI=1S/C24H42N2O3S/c1-2-3-4-5-6-7-8-10-13-20-16-18-22(19-17-20)30(28,29)24(26-25)23(27)21-14-11-9-12-15-21/h20-22H,2-19H2,1H3. The van der Waals surface area contributed by atoms with Crippen molar-refractivity contribution >= 4 is 20.7 Å². The van der Waals surface area contributed by atoms with Crippen molar-refractivity contribution in [3.8, 4) is 0 Å². The van der Waals surface area contributed by atoms with Gasteiger partial charge in [-0.1, -0.05) is 84.0 Å². The second-order valence-corrected chi connectivity index (χ2v) is 11.7. The van der Waals surface area contributed by atoms with Gasteiger partial charge in [0.05, 0.1) is 5.25 Å². The highest BCUT2D eigenvalue weighted by molar-refractivity contribution is 8.08. The highest BCUT2D eigenvalue weighted by Gasteiger charge is 2.45. The number of sulfone groups is 1. The molecule has 2 aliphatic rings. The minimum atomic E-state index is -3.84. The molecule has 30 heavy (non-hydrogen) atoms. The fraction of sp³-hybridized carbons (Fsp3) is 0.917. The Balaban J connectivity index is 1.73. The number of carbonyl (C=O) groups is 1. The summed E-state index contributed by atoms with van der Waals surface area (Å²) in [6.45, 7) is 2.24. The molecule has 172 valence electrons. The van der Waals surface area contributed by atoms with E-state index in [9.17, 15) is 18.7 Å². The molecule has 0 aliphatic heterocycles. The monoisotopic (exact) mass is 438 g/mol. The Bertz CT molecular complexity index is 669. The third-order valence-corrected chi connectivity index (χ3v) is 9.42. The Morgan fingerprint density at radius 2 is 1.40 bits per heavy atom. The zero-order valence-corrected chi connectivity index (χ0v) is 19.8. The highest BCUT2D eigenvalue weighted by Crippen LogP contribution is 2.33. The van der Waals surface area contributed by atoms with Gasteiger partial charge in [-0.3, -0.25) is 4.79 Å². The number of ketones is 1. The lowest BCUT2D eigenvalue weighted by Crippen LogP contribution is -2.39. The first kappa shape index (κ1) is 25.3. The molecule has 0 saturated heterocycles. The maximum Gasteiger partial charge on any atom is 0.447 e. The molecular weight excluding hydrogens is 396 g/mol. The van der Waals surface area contributed by atoms with Gasteiger partial charge >= 0.3 is 5.04 Å². The number of unbranched alkanes of at least 4 members (excludes halogenated alkanes) is 7. The molecule has 2 rings (SSSR count). The van der Waals surface area contributed by atoms with Gasteiger partial charge in [-0.15, -0.1) is 4.79 Å². The lowest BCUT2D eigenvalue weighted by Gasteiger charge is -2.27. The average Bonchev–Trinajstić information content (AvgIpc) is 2.77. The van der Waals surface area contributed by atoms with Gasteiger partial charge in [0.25, 0.3) is 15.6 Å². The van der Waals surface area contributed by atoms with Crippen LogP contribution in [0.2, 0.25) is 0 Å². The summed E-state index contributed by atoms with van der Waals surface area (Å²) in [5.41, 5.74) is 9.37. The van der Waals surface area contributed by atoms with Crippen LogP contribution in [0.4, 0.5) is 0 Å². The van der Waals surface area contributed by atoms with Crippen LogP contribution in [0.5, 0.6) is 0 Å². The van der Waals surface area contributed by atoms with Crippen LogP contribution in [0.1, 0.15) is 122 Å². The van der Waals surface area contributed by atoms with Crippen LogP contribution < -0.4 is 0 Å². The summed E-state index contributed by atoms with van der Waals surface area (Å²) in [5, 5.41) is -1.13. The maximum atomic E-state index is 13.0. The van der Waals surface area contributed by atoms with E-state index in [4.69, 9.17) is 0 Å². The molecule has 2 fully saturated rings. The smallest absolute Gasteiger partial charge is 0.360 e. The molecule has 6 heteroatoms. The summed E-state index contributed by atoms with van der Waals surface area (Å²) in [6, 6.07) is 0. The molecule has 0 radical (unpaired) electrons. The molecule has 0 aromatic carbocycles. The van der Waals surface area contributed by atoms with E-state index in [0.29, 0.717) is 31.6 Å². The van der Waals surface area contributed by atoms with Crippen LogP contribution in [-0.2, 0) is 14.6 Å². The summed E-state index contributed by atoms with van der Waals surface area (Å²) in [4.78, 5) is 15.7. The first-order valence-electron chi connectivity index (χ1n) is 12.5.